The zero-order valence-electron chi connectivity index (χ0n) is 7.76. The van der Waals surface area contributed by atoms with Gasteiger partial charge in [-0.1, -0.05) is 25.7 Å². The van der Waals surface area contributed by atoms with Gasteiger partial charge in [-0.05, 0) is 31.1 Å². The summed E-state index contributed by atoms with van der Waals surface area (Å²) in [5.74, 6) is 7.45. The summed E-state index contributed by atoms with van der Waals surface area (Å²) in [6.45, 7) is 0. The van der Waals surface area contributed by atoms with Gasteiger partial charge in [0.2, 0.25) is 0 Å². The third-order valence-corrected chi connectivity index (χ3v) is 3.74. The van der Waals surface area contributed by atoms with Crippen LogP contribution in [0.15, 0.2) is 0 Å². The molecule has 0 aromatic rings. The highest BCUT2D eigenvalue weighted by Gasteiger charge is 2.30. The molecule has 2 aliphatic carbocycles. The van der Waals surface area contributed by atoms with Crippen LogP contribution in [0.4, 0.5) is 0 Å². The minimum Gasteiger partial charge on any atom is -0.271 e. The van der Waals surface area contributed by atoms with Crippen LogP contribution in [0.3, 0.4) is 0 Å². The predicted octanol–water partition coefficient (Wildman–Crippen LogP) is 1.81. The van der Waals surface area contributed by atoms with Crippen LogP contribution in [-0.4, -0.2) is 6.04 Å². The molecule has 2 heteroatoms. The molecule has 2 nitrogen and oxygen atoms in total. The Hall–Kier alpha value is -0.0800. The molecule has 1 unspecified atom stereocenters. The van der Waals surface area contributed by atoms with Crippen LogP contribution in [0.25, 0.3) is 0 Å². The minimum atomic E-state index is 0.629. The summed E-state index contributed by atoms with van der Waals surface area (Å²) < 4.78 is 0. The van der Waals surface area contributed by atoms with E-state index in [0.717, 1.165) is 11.8 Å². The predicted molar refractivity (Wildman–Crippen MR) is 50.4 cm³/mol. The van der Waals surface area contributed by atoms with Crippen molar-refractivity contribution in [1.29, 1.82) is 0 Å². The number of hydrogen-bond acceptors (Lipinski definition) is 2. The Morgan fingerprint density at radius 3 is 2.17 bits per heavy atom. The molecule has 2 rings (SSSR count). The molecule has 0 saturated heterocycles. The second-order valence-corrected chi connectivity index (χ2v) is 4.50. The Morgan fingerprint density at radius 1 is 1.17 bits per heavy atom. The molecule has 0 radical (unpaired) electrons. The van der Waals surface area contributed by atoms with Crippen molar-refractivity contribution in [1.82, 2.24) is 5.43 Å². The van der Waals surface area contributed by atoms with E-state index in [1.54, 1.807) is 0 Å². The zero-order valence-corrected chi connectivity index (χ0v) is 7.76. The van der Waals surface area contributed by atoms with Crippen LogP contribution in [0, 0.1) is 11.8 Å². The molecule has 2 fully saturated rings. The van der Waals surface area contributed by atoms with Crippen molar-refractivity contribution in [2.45, 2.75) is 51.0 Å². The number of hydrazine groups is 1. The van der Waals surface area contributed by atoms with Gasteiger partial charge in [-0.25, -0.2) is 0 Å². The number of hydrogen-bond donors (Lipinski definition) is 2. The fraction of sp³-hybridized carbons (Fsp3) is 1.00. The molecular formula is C10H20N2. The van der Waals surface area contributed by atoms with Gasteiger partial charge in [0.1, 0.15) is 0 Å². The lowest BCUT2D eigenvalue weighted by Gasteiger charge is -2.37. The average molecular weight is 168 g/mol. The first-order valence-corrected chi connectivity index (χ1v) is 5.36. The quantitative estimate of drug-likeness (QED) is 0.496. The van der Waals surface area contributed by atoms with Crippen molar-refractivity contribution < 1.29 is 0 Å². The minimum absolute atomic E-state index is 0.629. The van der Waals surface area contributed by atoms with Gasteiger partial charge in [0, 0.05) is 6.04 Å². The molecule has 70 valence electrons. The van der Waals surface area contributed by atoms with Gasteiger partial charge >= 0.3 is 0 Å². The maximum Gasteiger partial charge on any atom is 0.0241 e. The maximum atomic E-state index is 5.56. The van der Waals surface area contributed by atoms with E-state index < -0.39 is 0 Å². The lowest BCUT2D eigenvalue weighted by Crippen LogP contribution is -2.45. The van der Waals surface area contributed by atoms with Gasteiger partial charge in [-0.2, -0.15) is 0 Å². The van der Waals surface area contributed by atoms with Crippen molar-refractivity contribution in [2.75, 3.05) is 0 Å². The summed E-state index contributed by atoms with van der Waals surface area (Å²) >= 11 is 0. The summed E-state index contributed by atoms with van der Waals surface area (Å²) in [7, 11) is 0. The molecule has 0 heterocycles. The molecule has 0 spiro atoms. The molecule has 3 N–H and O–H groups in total. The first kappa shape index (κ1) is 8.52. The van der Waals surface area contributed by atoms with Crippen molar-refractivity contribution in [3.05, 3.63) is 0 Å². The number of nitrogens with two attached hydrogens (primary N) is 1. The van der Waals surface area contributed by atoms with Gasteiger partial charge < -0.3 is 0 Å². The Labute approximate surface area is 74.9 Å². The third kappa shape index (κ3) is 1.64. The largest absolute Gasteiger partial charge is 0.271 e. The summed E-state index contributed by atoms with van der Waals surface area (Å²) in [5, 5.41) is 0. The van der Waals surface area contributed by atoms with E-state index in [-0.39, 0.29) is 0 Å². The monoisotopic (exact) mass is 168 g/mol. The SMILES string of the molecule is NNC(CC1CCC1)C1CCC1. The Kier molecular flexibility index (Phi) is 2.66. The fourth-order valence-corrected chi connectivity index (χ4v) is 2.33. The highest BCUT2D eigenvalue weighted by molar-refractivity contribution is 4.85. The molecule has 0 aliphatic heterocycles. The molecular weight excluding hydrogens is 148 g/mol. The van der Waals surface area contributed by atoms with Crippen LogP contribution < -0.4 is 11.3 Å². The average Bonchev–Trinajstić information content (AvgIpc) is 1.89. The molecule has 0 aromatic heterocycles. The van der Waals surface area contributed by atoms with Crippen LogP contribution in [-0.2, 0) is 0 Å². The normalized spacial score (nSPS) is 27.8. The van der Waals surface area contributed by atoms with Gasteiger partial charge in [-0.15, -0.1) is 0 Å². The summed E-state index contributed by atoms with van der Waals surface area (Å²) in [6, 6.07) is 0.629. The lowest BCUT2D eigenvalue weighted by molar-refractivity contribution is 0.170. The number of rotatable bonds is 4. The van der Waals surface area contributed by atoms with Crippen LogP contribution in [0.2, 0.25) is 0 Å². The van der Waals surface area contributed by atoms with Crippen molar-refractivity contribution >= 4 is 0 Å². The Bertz CT molecular complexity index is 139. The van der Waals surface area contributed by atoms with E-state index in [1.807, 2.05) is 0 Å². The van der Waals surface area contributed by atoms with Crippen molar-refractivity contribution in [3.63, 3.8) is 0 Å². The fourth-order valence-electron chi connectivity index (χ4n) is 2.33. The van der Waals surface area contributed by atoms with Crippen molar-refractivity contribution in [2.24, 2.45) is 17.7 Å². The Balaban J connectivity index is 1.73. The van der Waals surface area contributed by atoms with E-state index in [1.165, 1.54) is 44.9 Å². The maximum absolute atomic E-state index is 5.56. The first-order chi connectivity index (χ1) is 5.90. The van der Waals surface area contributed by atoms with Crippen LogP contribution in [0.1, 0.15) is 44.9 Å². The molecule has 0 aromatic carbocycles. The smallest absolute Gasteiger partial charge is 0.0241 e. The van der Waals surface area contributed by atoms with E-state index in [2.05, 4.69) is 5.43 Å². The summed E-state index contributed by atoms with van der Waals surface area (Å²) in [6.07, 6.45) is 9.92. The summed E-state index contributed by atoms with van der Waals surface area (Å²) in [4.78, 5) is 0. The molecule has 1 atom stereocenters. The number of nitrogens with one attached hydrogen (secondary N) is 1. The highest BCUT2D eigenvalue weighted by Crippen LogP contribution is 2.36. The second-order valence-electron chi connectivity index (χ2n) is 4.50. The molecule has 2 aliphatic rings. The van der Waals surface area contributed by atoms with Crippen LogP contribution >= 0.6 is 0 Å². The molecule has 2 saturated carbocycles. The lowest BCUT2D eigenvalue weighted by atomic mass is 9.73. The molecule has 0 amide bonds. The van der Waals surface area contributed by atoms with Gasteiger partial charge in [0.05, 0.1) is 0 Å². The van der Waals surface area contributed by atoms with Gasteiger partial charge in [-0.3, -0.25) is 11.3 Å². The molecule has 12 heavy (non-hydrogen) atoms. The first-order valence-electron chi connectivity index (χ1n) is 5.36. The van der Waals surface area contributed by atoms with E-state index in [4.69, 9.17) is 5.84 Å². The van der Waals surface area contributed by atoms with E-state index in [9.17, 15) is 0 Å². The van der Waals surface area contributed by atoms with Gasteiger partial charge in [0.15, 0.2) is 0 Å². The van der Waals surface area contributed by atoms with Gasteiger partial charge in [0.25, 0.3) is 0 Å². The second kappa shape index (κ2) is 3.75. The van der Waals surface area contributed by atoms with E-state index in [0.29, 0.717) is 6.04 Å². The molecule has 0 bridgehead atoms. The highest BCUT2D eigenvalue weighted by atomic mass is 15.2. The topological polar surface area (TPSA) is 38.0 Å². The third-order valence-electron chi connectivity index (χ3n) is 3.74. The van der Waals surface area contributed by atoms with Crippen LogP contribution in [0.5, 0.6) is 0 Å². The van der Waals surface area contributed by atoms with Crippen molar-refractivity contribution in [3.8, 4) is 0 Å². The standard InChI is InChI=1S/C10H20N2/c11-12-10(9-5-2-6-9)7-8-3-1-4-8/h8-10,12H,1-7,11H2. The summed E-state index contributed by atoms with van der Waals surface area (Å²) in [5.41, 5.74) is 3.00. The Morgan fingerprint density at radius 2 is 1.83 bits per heavy atom. The zero-order chi connectivity index (χ0) is 8.39. The van der Waals surface area contributed by atoms with E-state index >= 15 is 0 Å².